The summed E-state index contributed by atoms with van der Waals surface area (Å²) in [5.74, 6) is -0.199. The molecule has 2 nitrogen and oxygen atoms in total. The molecule has 0 aromatic heterocycles. The molecule has 0 saturated heterocycles. The molecule has 0 unspecified atom stereocenters. The quantitative estimate of drug-likeness (QED) is 0.437. The minimum Gasteiger partial charge on any atom is -0.321 e. The van der Waals surface area contributed by atoms with Crippen LogP contribution in [0.15, 0.2) is 46.9 Å². The van der Waals surface area contributed by atoms with Crippen LogP contribution in [-0.2, 0) is 6.54 Å². The minimum absolute atomic E-state index is 0.199. The molecular weight excluding hydrogens is 410 g/mol. The van der Waals surface area contributed by atoms with Gasteiger partial charge in [-0.2, -0.15) is 0 Å². The van der Waals surface area contributed by atoms with Crippen LogP contribution in [0, 0.1) is 9.39 Å². The van der Waals surface area contributed by atoms with Crippen molar-refractivity contribution in [3.8, 4) is 0 Å². The molecule has 0 aliphatic carbocycles. The molecule has 5 heteroatoms. The number of benzene rings is 2. The van der Waals surface area contributed by atoms with E-state index >= 15 is 0 Å². The van der Waals surface area contributed by atoms with E-state index in [1.54, 1.807) is 6.07 Å². The largest absolute Gasteiger partial charge is 0.321 e. The molecule has 0 saturated carbocycles. The topological polar surface area (TPSA) is 24.1 Å². The number of hydrogen-bond donors (Lipinski definition) is 2. The first kappa shape index (κ1) is 13.8. The van der Waals surface area contributed by atoms with Crippen LogP contribution in [0.2, 0.25) is 0 Å². The van der Waals surface area contributed by atoms with Gasteiger partial charge in [-0.25, -0.2) is 9.82 Å². The van der Waals surface area contributed by atoms with Crippen molar-refractivity contribution in [1.82, 2.24) is 5.43 Å². The van der Waals surface area contributed by atoms with Gasteiger partial charge in [-0.15, -0.1) is 0 Å². The molecule has 2 aromatic rings. The third-order valence-corrected chi connectivity index (χ3v) is 3.94. The van der Waals surface area contributed by atoms with E-state index in [1.165, 1.54) is 6.07 Å². The van der Waals surface area contributed by atoms with Gasteiger partial charge in [0.2, 0.25) is 0 Å². The van der Waals surface area contributed by atoms with Gasteiger partial charge in [-0.05, 0) is 52.4 Å². The van der Waals surface area contributed by atoms with Gasteiger partial charge in [0.05, 0.1) is 0 Å². The van der Waals surface area contributed by atoms with Crippen LogP contribution in [0.1, 0.15) is 5.56 Å². The van der Waals surface area contributed by atoms with Crippen LogP contribution < -0.4 is 10.9 Å². The van der Waals surface area contributed by atoms with Crippen LogP contribution in [0.3, 0.4) is 0 Å². The SMILES string of the molecule is Fc1cc(CNNc2ccccc2)c(Br)cc1I. The summed E-state index contributed by atoms with van der Waals surface area (Å²) < 4.78 is 14.9. The Balaban J connectivity index is 1.97. The highest BCUT2D eigenvalue weighted by Crippen LogP contribution is 2.22. The van der Waals surface area contributed by atoms with E-state index < -0.39 is 0 Å². The van der Waals surface area contributed by atoms with E-state index in [4.69, 9.17) is 0 Å². The molecule has 0 fully saturated rings. The Labute approximate surface area is 127 Å². The van der Waals surface area contributed by atoms with Gasteiger partial charge in [-0.1, -0.05) is 34.1 Å². The average molecular weight is 421 g/mol. The van der Waals surface area contributed by atoms with E-state index in [1.807, 2.05) is 52.9 Å². The van der Waals surface area contributed by atoms with Crippen LogP contribution >= 0.6 is 38.5 Å². The molecule has 0 heterocycles. The fourth-order valence-corrected chi connectivity index (χ4v) is 2.84. The maximum Gasteiger partial charge on any atom is 0.136 e. The highest BCUT2D eigenvalue weighted by Gasteiger charge is 2.05. The average Bonchev–Trinajstić information content (AvgIpc) is 2.37. The summed E-state index contributed by atoms with van der Waals surface area (Å²) in [6, 6.07) is 13.1. The van der Waals surface area contributed by atoms with Crippen molar-refractivity contribution in [2.45, 2.75) is 6.54 Å². The maximum absolute atomic E-state index is 13.4. The van der Waals surface area contributed by atoms with Crippen molar-refractivity contribution < 1.29 is 4.39 Å². The van der Waals surface area contributed by atoms with E-state index in [2.05, 4.69) is 26.8 Å². The number of hydrazine groups is 1. The summed E-state index contributed by atoms with van der Waals surface area (Å²) in [5, 5.41) is 0. The van der Waals surface area contributed by atoms with Crippen molar-refractivity contribution >= 4 is 44.2 Å². The Hall–Kier alpha value is -0.660. The third kappa shape index (κ3) is 3.66. The second-order valence-corrected chi connectivity index (χ2v) is 5.72. The molecule has 2 rings (SSSR count). The van der Waals surface area contributed by atoms with E-state index in [0.717, 1.165) is 15.7 Å². The first-order chi connectivity index (χ1) is 8.66. The van der Waals surface area contributed by atoms with Crippen LogP contribution in [-0.4, -0.2) is 0 Å². The zero-order valence-electron chi connectivity index (χ0n) is 9.38. The van der Waals surface area contributed by atoms with Gasteiger partial charge < -0.3 is 5.43 Å². The Bertz CT molecular complexity index is 534. The standard InChI is InChI=1S/C13H11BrFIN2/c14-11-7-13(16)12(15)6-9(11)8-17-18-10-4-2-1-3-5-10/h1-7,17-18H,8H2. The summed E-state index contributed by atoms with van der Waals surface area (Å²) in [4.78, 5) is 0. The molecule has 18 heavy (non-hydrogen) atoms. The summed E-state index contributed by atoms with van der Waals surface area (Å²) in [6.45, 7) is 0.531. The Morgan fingerprint density at radius 3 is 2.61 bits per heavy atom. The number of para-hydroxylation sites is 1. The molecule has 2 aromatic carbocycles. The number of hydrogen-bond acceptors (Lipinski definition) is 2. The monoisotopic (exact) mass is 420 g/mol. The number of anilines is 1. The lowest BCUT2D eigenvalue weighted by Gasteiger charge is -2.10. The molecule has 0 aliphatic rings. The van der Waals surface area contributed by atoms with Gasteiger partial charge in [0.1, 0.15) is 5.82 Å². The Morgan fingerprint density at radius 2 is 1.89 bits per heavy atom. The molecule has 2 N–H and O–H groups in total. The second-order valence-electron chi connectivity index (χ2n) is 3.70. The smallest absolute Gasteiger partial charge is 0.136 e. The third-order valence-electron chi connectivity index (χ3n) is 2.37. The summed E-state index contributed by atoms with van der Waals surface area (Å²) in [7, 11) is 0. The van der Waals surface area contributed by atoms with Gasteiger partial charge in [0.25, 0.3) is 0 Å². The predicted molar refractivity (Wildman–Crippen MR) is 83.7 cm³/mol. The number of rotatable bonds is 4. The minimum atomic E-state index is -0.199. The van der Waals surface area contributed by atoms with Crippen LogP contribution in [0.4, 0.5) is 10.1 Å². The van der Waals surface area contributed by atoms with Crippen molar-refractivity contribution in [3.05, 3.63) is 61.9 Å². The van der Waals surface area contributed by atoms with Gasteiger partial charge in [0, 0.05) is 20.3 Å². The van der Waals surface area contributed by atoms with Crippen molar-refractivity contribution in [1.29, 1.82) is 0 Å². The number of nitrogens with one attached hydrogen (secondary N) is 2. The predicted octanol–water partition coefficient (Wildman–Crippen LogP) is 4.31. The molecular formula is C13H11BrFIN2. The fraction of sp³-hybridized carbons (Fsp3) is 0.0769. The highest BCUT2D eigenvalue weighted by atomic mass is 127. The van der Waals surface area contributed by atoms with Crippen molar-refractivity contribution in [2.75, 3.05) is 5.43 Å². The summed E-state index contributed by atoms with van der Waals surface area (Å²) >= 11 is 5.40. The summed E-state index contributed by atoms with van der Waals surface area (Å²) in [6.07, 6.45) is 0. The Kier molecular flexibility index (Phi) is 4.96. The van der Waals surface area contributed by atoms with Crippen LogP contribution in [0.25, 0.3) is 0 Å². The van der Waals surface area contributed by atoms with Gasteiger partial charge in [-0.3, -0.25) is 0 Å². The van der Waals surface area contributed by atoms with E-state index in [9.17, 15) is 4.39 Å². The molecule has 0 atom stereocenters. The van der Waals surface area contributed by atoms with Crippen molar-refractivity contribution in [3.63, 3.8) is 0 Å². The normalized spacial score (nSPS) is 10.4. The van der Waals surface area contributed by atoms with E-state index in [-0.39, 0.29) is 5.82 Å². The maximum atomic E-state index is 13.4. The molecule has 0 aliphatic heterocycles. The van der Waals surface area contributed by atoms with Gasteiger partial charge in [0.15, 0.2) is 0 Å². The number of halogens is 3. The lowest BCUT2D eigenvalue weighted by atomic mass is 10.2. The molecule has 0 bridgehead atoms. The highest BCUT2D eigenvalue weighted by molar-refractivity contribution is 14.1. The molecule has 94 valence electrons. The second kappa shape index (κ2) is 6.49. The summed E-state index contributed by atoms with van der Waals surface area (Å²) in [5.41, 5.74) is 7.96. The van der Waals surface area contributed by atoms with E-state index in [0.29, 0.717) is 10.1 Å². The molecule has 0 radical (unpaired) electrons. The first-order valence-corrected chi connectivity index (χ1v) is 7.21. The zero-order valence-corrected chi connectivity index (χ0v) is 13.1. The Morgan fingerprint density at radius 1 is 1.17 bits per heavy atom. The molecule has 0 amide bonds. The lowest BCUT2D eigenvalue weighted by Crippen LogP contribution is -2.21. The molecule has 0 spiro atoms. The van der Waals surface area contributed by atoms with Gasteiger partial charge >= 0.3 is 0 Å². The fourth-order valence-electron chi connectivity index (χ4n) is 1.46. The van der Waals surface area contributed by atoms with Crippen LogP contribution in [0.5, 0.6) is 0 Å². The first-order valence-electron chi connectivity index (χ1n) is 5.34. The van der Waals surface area contributed by atoms with Crippen molar-refractivity contribution in [2.24, 2.45) is 0 Å². The zero-order chi connectivity index (χ0) is 13.0. The lowest BCUT2D eigenvalue weighted by molar-refractivity contribution is 0.615.